The summed E-state index contributed by atoms with van der Waals surface area (Å²) in [6.45, 7) is 1.79. The first-order valence-electron chi connectivity index (χ1n) is 9.25. The van der Waals surface area contributed by atoms with E-state index in [1.807, 2.05) is 0 Å². The Hall–Kier alpha value is -3.29. The summed E-state index contributed by atoms with van der Waals surface area (Å²) in [7, 11) is 1.56. The van der Waals surface area contributed by atoms with Gasteiger partial charge in [0.15, 0.2) is 0 Å². The molecule has 0 heterocycles. The predicted octanol–water partition coefficient (Wildman–Crippen LogP) is 3.59. The Bertz CT molecular complexity index is 876. The monoisotopic (exact) mass is 420 g/mol. The van der Waals surface area contributed by atoms with Gasteiger partial charge in [0.1, 0.15) is 11.8 Å². The number of carbonyl (C=O) groups is 2. The van der Waals surface area contributed by atoms with Gasteiger partial charge in [0.05, 0.1) is 12.7 Å². The van der Waals surface area contributed by atoms with E-state index in [0.717, 1.165) is 17.7 Å². The topological polar surface area (TPSA) is 67.4 Å². The number of carbonyl (C=O) groups excluding carboxylic acids is 2. The molecule has 0 aliphatic rings. The number of benzene rings is 2. The van der Waals surface area contributed by atoms with E-state index in [4.69, 9.17) is 4.74 Å². The molecule has 0 aliphatic heterocycles. The number of alkyl halides is 3. The van der Waals surface area contributed by atoms with Crippen molar-refractivity contribution in [3.8, 4) is 5.75 Å². The standard InChI is InChI=1S/C22H23F3N2O3/c1-15(27-20(28)12-7-16-5-10-19(30-2)11-6-16)21(29)26-14-13-17-3-8-18(9-4-17)22(23,24)25/h3-12,15H,13-14H2,1-2H3,(H,26,29)(H,27,28)/b12-7+. The SMILES string of the molecule is COc1ccc(/C=C/C(=O)NC(C)C(=O)NCCc2ccc(C(F)(F)F)cc2)cc1. The zero-order valence-corrected chi connectivity index (χ0v) is 16.6. The van der Waals surface area contributed by atoms with Gasteiger partial charge < -0.3 is 15.4 Å². The highest BCUT2D eigenvalue weighted by Crippen LogP contribution is 2.29. The molecule has 2 aromatic carbocycles. The summed E-state index contributed by atoms with van der Waals surface area (Å²) in [5, 5.41) is 5.21. The van der Waals surface area contributed by atoms with Crippen LogP contribution in [0.4, 0.5) is 13.2 Å². The maximum Gasteiger partial charge on any atom is 0.416 e. The molecule has 2 amide bonds. The van der Waals surface area contributed by atoms with Crippen molar-refractivity contribution in [3.63, 3.8) is 0 Å². The Labute approximate surface area is 172 Å². The van der Waals surface area contributed by atoms with Crippen molar-refractivity contribution in [2.24, 2.45) is 0 Å². The molecule has 0 aliphatic carbocycles. The average Bonchev–Trinajstić information content (AvgIpc) is 2.72. The lowest BCUT2D eigenvalue weighted by molar-refractivity contribution is -0.137. The van der Waals surface area contributed by atoms with Crippen LogP contribution in [-0.2, 0) is 22.2 Å². The van der Waals surface area contributed by atoms with Gasteiger partial charge >= 0.3 is 6.18 Å². The minimum atomic E-state index is -4.37. The van der Waals surface area contributed by atoms with Crippen LogP contribution < -0.4 is 15.4 Å². The quantitative estimate of drug-likeness (QED) is 0.642. The normalized spacial score (nSPS) is 12.4. The third kappa shape index (κ3) is 7.27. The Morgan fingerprint density at radius 3 is 2.27 bits per heavy atom. The molecule has 160 valence electrons. The molecule has 0 bridgehead atoms. The molecule has 0 saturated carbocycles. The summed E-state index contributed by atoms with van der Waals surface area (Å²) in [5.74, 6) is -0.0949. The first-order valence-corrected chi connectivity index (χ1v) is 9.25. The van der Waals surface area contributed by atoms with Crippen LogP contribution in [0.15, 0.2) is 54.6 Å². The van der Waals surface area contributed by atoms with E-state index < -0.39 is 23.7 Å². The van der Waals surface area contributed by atoms with Crippen LogP contribution in [0.1, 0.15) is 23.6 Å². The summed E-state index contributed by atoms with van der Waals surface area (Å²) in [6, 6.07) is 11.1. The average molecular weight is 420 g/mol. The molecule has 0 radical (unpaired) electrons. The molecule has 0 spiro atoms. The second-order valence-corrected chi connectivity index (χ2v) is 6.57. The van der Waals surface area contributed by atoms with Gasteiger partial charge in [0.25, 0.3) is 0 Å². The Morgan fingerprint density at radius 2 is 1.70 bits per heavy atom. The molecule has 2 N–H and O–H groups in total. The highest BCUT2D eigenvalue weighted by atomic mass is 19.4. The lowest BCUT2D eigenvalue weighted by Gasteiger charge is -2.13. The van der Waals surface area contributed by atoms with Gasteiger partial charge in [-0.3, -0.25) is 9.59 Å². The molecular formula is C22H23F3N2O3. The van der Waals surface area contributed by atoms with Gasteiger partial charge in [-0.05, 0) is 54.8 Å². The Balaban J connectivity index is 1.75. The van der Waals surface area contributed by atoms with Crippen molar-refractivity contribution in [2.75, 3.05) is 13.7 Å². The van der Waals surface area contributed by atoms with Crippen molar-refractivity contribution < 1.29 is 27.5 Å². The number of hydrogen-bond donors (Lipinski definition) is 2. The molecule has 2 aromatic rings. The zero-order chi connectivity index (χ0) is 22.1. The number of amides is 2. The number of ether oxygens (including phenoxy) is 1. The summed E-state index contributed by atoms with van der Waals surface area (Å²) in [4.78, 5) is 24.1. The number of rotatable bonds is 8. The van der Waals surface area contributed by atoms with Crippen LogP contribution in [0.2, 0.25) is 0 Å². The lowest BCUT2D eigenvalue weighted by atomic mass is 10.1. The van der Waals surface area contributed by atoms with Gasteiger partial charge in [-0.2, -0.15) is 13.2 Å². The van der Waals surface area contributed by atoms with Crippen molar-refractivity contribution in [1.29, 1.82) is 0 Å². The number of hydrogen-bond acceptors (Lipinski definition) is 3. The maximum atomic E-state index is 12.6. The van der Waals surface area contributed by atoms with Crippen LogP contribution in [0, 0.1) is 0 Å². The minimum absolute atomic E-state index is 0.242. The number of nitrogens with one attached hydrogen (secondary N) is 2. The molecule has 0 saturated heterocycles. The van der Waals surface area contributed by atoms with Crippen LogP contribution in [-0.4, -0.2) is 31.5 Å². The molecule has 8 heteroatoms. The van der Waals surface area contributed by atoms with E-state index in [0.29, 0.717) is 17.7 Å². The first-order chi connectivity index (χ1) is 14.2. The summed E-state index contributed by atoms with van der Waals surface area (Å²) >= 11 is 0. The minimum Gasteiger partial charge on any atom is -0.497 e. The number of halogens is 3. The van der Waals surface area contributed by atoms with E-state index in [1.165, 1.54) is 18.2 Å². The predicted molar refractivity (Wildman–Crippen MR) is 108 cm³/mol. The van der Waals surface area contributed by atoms with Gasteiger partial charge in [-0.1, -0.05) is 24.3 Å². The second kappa shape index (κ2) is 10.5. The van der Waals surface area contributed by atoms with Crippen LogP contribution >= 0.6 is 0 Å². The highest BCUT2D eigenvalue weighted by molar-refractivity contribution is 5.95. The highest BCUT2D eigenvalue weighted by Gasteiger charge is 2.29. The smallest absolute Gasteiger partial charge is 0.416 e. The molecule has 0 fully saturated rings. The largest absolute Gasteiger partial charge is 0.497 e. The Morgan fingerprint density at radius 1 is 1.07 bits per heavy atom. The Kier molecular flexibility index (Phi) is 8.03. The molecule has 2 rings (SSSR count). The summed E-state index contributed by atoms with van der Waals surface area (Å²) in [6.07, 6.45) is -1.05. The van der Waals surface area contributed by atoms with E-state index in [-0.39, 0.29) is 12.5 Å². The second-order valence-electron chi connectivity index (χ2n) is 6.57. The molecule has 1 unspecified atom stereocenters. The molecule has 1 atom stereocenters. The molecular weight excluding hydrogens is 397 g/mol. The lowest BCUT2D eigenvalue weighted by Crippen LogP contribution is -2.44. The van der Waals surface area contributed by atoms with Crippen LogP contribution in [0.5, 0.6) is 5.75 Å². The van der Waals surface area contributed by atoms with E-state index in [2.05, 4.69) is 10.6 Å². The van der Waals surface area contributed by atoms with Gasteiger partial charge in [0, 0.05) is 12.6 Å². The van der Waals surface area contributed by atoms with Gasteiger partial charge in [0.2, 0.25) is 11.8 Å². The summed E-state index contributed by atoms with van der Waals surface area (Å²) in [5.41, 5.74) is 0.760. The van der Waals surface area contributed by atoms with Crippen LogP contribution in [0.25, 0.3) is 6.08 Å². The zero-order valence-electron chi connectivity index (χ0n) is 16.6. The van der Waals surface area contributed by atoms with E-state index in [1.54, 1.807) is 44.4 Å². The van der Waals surface area contributed by atoms with Crippen molar-refractivity contribution in [2.45, 2.75) is 25.6 Å². The molecule has 30 heavy (non-hydrogen) atoms. The third-order valence-corrected chi connectivity index (χ3v) is 4.29. The van der Waals surface area contributed by atoms with E-state index >= 15 is 0 Å². The van der Waals surface area contributed by atoms with Gasteiger partial charge in [-0.15, -0.1) is 0 Å². The van der Waals surface area contributed by atoms with E-state index in [9.17, 15) is 22.8 Å². The molecule has 0 aromatic heterocycles. The molecule has 5 nitrogen and oxygen atoms in total. The third-order valence-electron chi connectivity index (χ3n) is 4.29. The fourth-order valence-corrected chi connectivity index (χ4v) is 2.56. The fourth-order valence-electron chi connectivity index (χ4n) is 2.56. The van der Waals surface area contributed by atoms with Crippen molar-refractivity contribution >= 4 is 17.9 Å². The van der Waals surface area contributed by atoms with Crippen molar-refractivity contribution in [3.05, 3.63) is 71.3 Å². The van der Waals surface area contributed by atoms with Crippen molar-refractivity contribution in [1.82, 2.24) is 10.6 Å². The maximum absolute atomic E-state index is 12.6. The van der Waals surface area contributed by atoms with Crippen LogP contribution in [0.3, 0.4) is 0 Å². The van der Waals surface area contributed by atoms with Gasteiger partial charge in [-0.25, -0.2) is 0 Å². The summed E-state index contributed by atoms with van der Waals surface area (Å²) < 4.78 is 42.7. The number of methoxy groups -OCH3 is 1. The fraction of sp³-hybridized carbons (Fsp3) is 0.273. The first kappa shape index (κ1) is 23.0.